The van der Waals surface area contributed by atoms with Crippen molar-refractivity contribution in [1.29, 1.82) is 0 Å². The van der Waals surface area contributed by atoms with Crippen LogP contribution >= 0.6 is 11.3 Å². The third-order valence-electron chi connectivity index (χ3n) is 2.37. The average molecular weight is 273 g/mol. The Morgan fingerprint density at radius 3 is 2.44 bits per heavy atom. The number of alkyl halides is 3. The number of hydrogen-bond acceptors (Lipinski definition) is 4. The molecule has 0 aliphatic heterocycles. The zero-order valence-corrected chi connectivity index (χ0v) is 10.2. The highest BCUT2D eigenvalue weighted by Gasteiger charge is 2.35. The monoisotopic (exact) mass is 273 g/mol. The first-order valence-corrected chi connectivity index (χ1v) is 5.90. The number of thiazole rings is 1. The second kappa shape index (κ2) is 4.66. The Morgan fingerprint density at radius 2 is 1.94 bits per heavy atom. The standard InChI is InChI=1S/C11H10F3N3S/c1-6-2-3-7(4-16-6)9(15)8-5-17-10(18-8)11(12,13)14/h2-5,9H,15H2,1H3. The minimum atomic E-state index is -4.42. The van der Waals surface area contributed by atoms with Crippen molar-refractivity contribution in [2.45, 2.75) is 19.1 Å². The molecule has 1 unspecified atom stereocenters. The Labute approximate surface area is 105 Å². The molecule has 2 N–H and O–H groups in total. The Kier molecular flexibility index (Phi) is 3.36. The summed E-state index contributed by atoms with van der Waals surface area (Å²) in [7, 11) is 0. The van der Waals surface area contributed by atoms with Crippen LogP contribution in [0.15, 0.2) is 24.5 Å². The van der Waals surface area contributed by atoms with E-state index in [0.717, 1.165) is 11.9 Å². The molecule has 0 aliphatic rings. The highest BCUT2D eigenvalue weighted by Crippen LogP contribution is 2.35. The fraction of sp³-hybridized carbons (Fsp3) is 0.273. The molecule has 18 heavy (non-hydrogen) atoms. The zero-order valence-electron chi connectivity index (χ0n) is 9.40. The molecule has 2 aromatic heterocycles. The molecule has 2 rings (SSSR count). The van der Waals surface area contributed by atoms with Crippen LogP contribution in [0.5, 0.6) is 0 Å². The summed E-state index contributed by atoms with van der Waals surface area (Å²) in [6.45, 7) is 1.82. The lowest BCUT2D eigenvalue weighted by Gasteiger charge is -2.08. The summed E-state index contributed by atoms with van der Waals surface area (Å²) in [5.74, 6) is 0. The van der Waals surface area contributed by atoms with Gasteiger partial charge in [-0.05, 0) is 18.6 Å². The summed E-state index contributed by atoms with van der Waals surface area (Å²) >= 11 is 0.558. The van der Waals surface area contributed by atoms with Crippen molar-refractivity contribution < 1.29 is 13.2 Å². The van der Waals surface area contributed by atoms with Gasteiger partial charge in [-0.25, -0.2) is 4.98 Å². The summed E-state index contributed by atoms with van der Waals surface area (Å²) < 4.78 is 37.2. The lowest BCUT2D eigenvalue weighted by atomic mass is 10.1. The topological polar surface area (TPSA) is 51.8 Å². The maximum absolute atomic E-state index is 12.4. The summed E-state index contributed by atoms with van der Waals surface area (Å²) in [5.41, 5.74) is 7.38. The number of halogens is 3. The number of rotatable bonds is 2. The SMILES string of the molecule is Cc1ccc(C(N)c2cnc(C(F)(F)F)s2)cn1. The number of nitrogens with zero attached hydrogens (tertiary/aromatic N) is 2. The van der Waals surface area contributed by atoms with E-state index < -0.39 is 17.2 Å². The van der Waals surface area contributed by atoms with Gasteiger partial charge >= 0.3 is 6.18 Å². The molecule has 2 heterocycles. The molecule has 0 fully saturated rings. The van der Waals surface area contributed by atoms with E-state index in [2.05, 4.69) is 9.97 Å². The van der Waals surface area contributed by atoms with Crippen LogP contribution in [0.2, 0.25) is 0 Å². The minimum absolute atomic E-state index is 0.368. The quantitative estimate of drug-likeness (QED) is 0.915. The van der Waals surface area contributed by atoms with Gasteiger partial charge in [-0.1, -0.05) is 6.07 Å². The minimum Gasteiger partial charge on any atom is -0.320 e. The lowest BCUT2D eigenvalue weighted by molar-refractivity contribution is -0.137. The molecule has 0 amide bonds. The van der Waals surface area contributed by atoms with E-state index >= 15 is 0 Å². The third-order valence-corrected chi connectivity index (χ3v) is 3.49. The van der Waals surface area contributed by atoms with Crippen LogP contribution < -0.4 is 5.73 Å². The molecule has 0 saturated heterocycles. The van der Waals surface area contributed by atoms with Crippen LogP contribution in [-0.2, 0) is 6.18 Å². The molecule has 0 saturated carbocycles. The van der Waals surface area contributed by atoms with Gasteiger partial charge in [-0.2, -0.15) is 13.2 Å². The largest absolute Gasteiger partial charge is 0.443 e. The molecule has 0 bridgehead atoms. The van der Waals surface area contributed by atoms with Gasteiger partial charge < -0.3 is 5.73 Å². The van der Waals surface area contributed by atoms with Gasteiger partial charge in [0, 0.05) is 23.0 Å². The summed E-state index contributed by atoms with van der Waals surface area (Å²) in [6, 6.07) is 2.88. The van der Waals surface area contributed by atoms with Crippen molar-refractivity contribution in [2.24, 2.45) is 5.73 Å². The fourth-order valence-corrected chi connectivity index (χ4v) is 2.20. The Hall–Kier alpha value is -1.47. The second-order valence-electron chi connectivity index (χ2n) is 3.78. The molecule has 0 spiro atoms. The molecule has 7 heteroatoms. The van der Waals surface area contributed by atoms with E-state index in [4.69, 9.17) is 5.73 Å². The van der Waals surface area contributed by atoms with Crippen LogP contribution in [0.4, 0.5) is 13.2 Å². The lowest BCUT2D eigenvalue weighted by Crippen LogP contribution is -2.10. The first kappa shape index (κ1) is 13.0. The van der Waals surface area contributed by atoms with E-state index in [1.165, 1.54) is 0 Å². The molecule has 0 aromatic carbocycles. The predicted molar refractivity (Wildman–Crippen MR) is 62.1 cm³/mol. The van der Waals surface area contributed by atoms with E-state index in [1.54, 1.807) is 18.3 Å². The van der Waals surface area contributed by atoms with Crippen molar-refractivity contribution in [3.63, 3.8) is 0 Å². The van der Waals surface area contributed by atoms with E-state index in [9.17, 15) is 13.2 Å². The Morgan fingerprint density at radius 1 is 1.22 bits per heavy atom. The predicted octanol–water partition coefficient (Wildman–Crippen LogP) is 2.91. The van der Waals surface area contributed by atoms with Crippen LogP contribution in [0.1, 0.15) is 27.2 Å². The van der Waals surface area contributed by atoms with E-state index in [0.29, 0.717) is 21.8 Å². The van der Waals surface area contributed by atoms with Gasteiger partial charge in [-0.15, -0.1) is 11.3 Å². The Balaban J connectivity index is 2.26. The molecule has 1 atom stereocenters. The van der Waals surface area contributed by atoms with Crippen LogP contribution in [-0.4, -0.2) is 9.97 Å². The maximum atomic E-state index is 12.4. The molecular formula is C11H10F3N3S. The highest BCUT2D eigenvalue weighted by atomic mass is 32.1. The zero-order chi connectivity index (χ0) is 13.3. The van der Waals surface area contributed by atoms with E-state index in [1.807, 2.05) is 6.92 Å². The number of pyridine rings is 1. The van der Waals surface area contributed by atoms with E-state index in [-0.39, 0.29) is 0 Å². The molecule has 0 radical (unpaired) electrons. The molecule has 2 aromatic rings. The average Bonchev–Trinajstić information content (AvgIpc) is 2.78. The van der Waals surface area contributed by atoms with Crippen LogP contribution in [0.25, 0.3) is 0 Å². The number of aromatic nitrogens is 2. The van der Waals surface area contributed by atoms with Crippen LogP contribution in [0, 0.1) is 6.92 Å². The van der Waals surface area contributed by atoms with Gasteiger partial charge in [0.05, 0.1) is 6.04 Å². The molecule has 96 valence electrons. The van der Waals surface area contributed by atoms with Crippen molar-refractivity contribution in [2.75, 3.05) is 0 Å². The first-order valence-electron chi connectivity index (χ1n) is 5.09. The maximum Gasteiger partial charge on any atom is 0.443 e. The summed E-state index contributed by atoms with van der Waals surface area (Å²) in [5, 5.41) is -0.881. The molecule has 3 nitrogen and oxygen atoms in total. The van der Waals surface area contributed by atoms with Gasteiger partial charge in [0.1, 0.15) is 0 Å². The van der Waals surface area contributed by atoms with Crippen molar-refractivity contribution in [3.8, 4) is 0 Å². The molecule has 0 aliphatic carbocycles. The van der Waals surface area contributed by atoms with Gasteiger partial charge in [0.2, 0.25) is 0 Å². The second-order valence-corrected chi connectivity index (χ2v) is 4.84. The van der Waals surface area contributed by atoms with Crippen molar-refractivity contribution in [3.05, 3.63) is 45.7 Å². The first-order chi connectivity index (χ1) is 8.38. The number of nitrogens with two attached hydrogens (primary N) is 1. The van der Waals surface area contributed by atoms with Crippen molar-refractivity contribution in [1.82, 2.24) is 9.97 Å². The smallest absolute Gasteiger partial charge is 0.320 e. The Bertz CT molecular complexity index is 533. The summed E-state index contributed by atoms with van der Waals surface area (Å²) in [4.78, 5) is 7.78. The highest BCUT2D eigenvalue weighted by molar-refractivity contribution is 7.11. The van der Waals surface area contributed by atoms with Crippen molar-refractivity contribution >= 4 is 11.3 Å². The summed E-state index contributed by atoms with van der Waals surface area (Å²) in [6.07, 6.45) is -1.70. The van der Waals surface area contributed by atoms with Gasteiger partial charge in [0.15, 0.2) is 5.01 Å². The third kappa shape index (κ3) is 2.68. The molecular weight excluding hydrogens is 263 g/mol. The van der Waals surface area contributed by atoms with Gasteiger partial charge in [-0.3, -0.25) is 4.98 Å². The van der Waals surface area contributed by atoms with Gasteiger partial charge in [0.25, 0.3) is 0 Å². The van der Waals surface area contributed by atoms with Crippen LogP contribution in [0.3, 0.4) is 0 Å². The normalized spacial score (nSPS) is 13.6. The number of aryl methyl sites for hydroxylation is 1. The fourth-order valence-electron chi connectivity index (χ4n) is 1.39. The number of hydrogen-bond donors (Lipinski definition) is 1.